The number of pyridine rings is 1. The maximum Gasteiger partial charge on any atom is 0.0702 e. The number of fused-ring (bicyclic) bond motifs is 1. The Balaban J connectivity index is 2.01. The van der Waals surface area contributed by atoms with Crippen LogP contribution in [0.4, 0.5) is 0 Å². The van der Waals surface area contributed by atoms with E-state index in [4.69, 9.17) is 0 Å². The molecular weight excluding hydrogens is 222 g/mol. The maximum atomic E-state index is 4.46. The number of nitrogens with zero attached hydrogens (tertiary/aromatic N) is 2. The smallest absolute Gasteiger partial charge is 0.0702 e. The summed E-state index contributed by atoms with van der Waals surface area (Å²) in [5.74, 6) is 0. The van der Waals surface area contributed by atoms with Gasteiger partial charge in [-0.3, -0.25) is 9.88 Å². The Bertz CT molecular complexity index is 565. The second-order valence-corrected chi connectivity index (χ2v) is 5.17. The molecule has 0 spiro atoms. The zero-order chi connectivity index (χ0) is 12.5. The third kappa shape index (κ3) is 2.11. The minimum atomic E-state index is 0.476. The summed E-state index contributed by atoms with van der Waals surface area (Å²) in [5.41, 5.74) is 3.68. The highest BCUT2D eigenvalue weighted by molar-refractivity contribution is 5.79. The van der Waals surface area contributed by atoms with Gasteiger partial charge in [-0.1, -0.05) is 6.07 Å². The maximum absolute atomic E-state index is 4.46. The van der Waals surface area contributed by atoms with Gasteiger partial charge < -0.3 is 5.32 Å². The van der Waals surface area contributed by atoms with E-state index in [-0.39, 0.29) is 0 Å². The first-order valence-corrected chi connectivity index (χ1v) is 6.51. The van der Waals surface area contributed by atoms with E-state index >= 15 is 0 Å². The molecule has 1 N–H and O–H groups in total. The van der Waals surface area contributed by atoms with Crippen LogP contribution in [-0.2, 0) is 0 Å². The van der Waals surface area contributed by atoms with E-state index in [1.54, 1.807) is 0 Å². The molecule has 0 aliphatic carbocycles. The van der Waals surface area contributed by atoms with Crippen molar-refractivity contribution in [1.82, 2.24) is 15.2 Å². The molecular formula is C15H19N3. The standard InChI is InChI=1S/C15H19N3/c1-11-7-13-8-12(3-4-14(13)17-9-11)15-10-16-5-6-18(15)2/h3-4,7-9,15-16H,5-6,10H2,1-2H3. The molecule has 0 saturated carbocycles. The quantitative estimate of drug-likeness (QED) is 0.829. The van der Waals surface area contributed by atoms with Crippen molar-refractivity contribution in [3.63, 3.8) is 0 Å². The predicted octanol–water partition coefficient (Wildman–Crippen LogP) is 2.12. The molecule has 1 saturated heterocycles. The van der Waals surface area contributed by atoms with Crippen molar-refractivity contribution in [2.45, 2.75) is 13.0 Å². The highest BCUT2D eigenvalue weighted by Crippen LogP contribution is 2.24. The fourth-order valence-electron chi connectivity index (χ4n) is 2.65. The Kier molecular flexibility index (Phi) is 3.02. The van der Waals surface area contributed by atoms with Gasteiger partial charge in [0.1, 0.15) is 0 Å². The van der Waals surface area contributed by atoms with Gasteiger partial charge >= 0.3 is 0 Å². The molecule has 1 fully saturated rings. The van der Waals surface area contributed by atoms with E-state index < -0.39 is 0 Å². The fourth-order valence-corrected chi connectivity index (χ4v) is 2.65. The predicted molar refractivity (Wildman–Crippen MR) is 74.7 cm³/mol. The Labute approximate surface area is 108 Å². The lowest BCUT2D eigenvalue weighted by atomic mass is 10.0. The Morgan fingerprint density at radius 3 is 3.06 bits per heavy atom. The number of piperazine rings is 1. The van der Waals surface area contributed by atoms with Crippen molar-refractivity contribution in [2.24, 2.45) is 0 Å². The molecule has 2 heterocycles. The number of hydrogen-bond acceptors (Lipinski definition) is 3. The first kappa shape index (κ1) is 11.6. The number of aryl methyl sites for hydroxylation is 1. The summed E-state index contributed by atoms with van der Waals surface area (Å²) in [6, 6.07) is 9.31. The number of nitrogens with one attached hydrogen (secondary N) is 1. The van der Waals surface area contributed by atoms with Crippen molar-refractivity contribution in [2.75, 3.05) is 26.7 Å². The molecule has 1 aromatic heterocycles. The van der Waals surface area contributed by atoms with Crippen LogP contribution in [0, 0.1) is 6.92 Å². The minimum absolute atomic E-state index is 0.476. The highest BCUT2D eigenvalue weighted by atomic mass is 15.2. The zero-order valence-corrected chi connectivity index (χ0v) is 11.0. The van der Waals surface area contributed by atoms with Crippen LogP contribution in [-0.4, -0.2) is 36.6 Å². The van der Waals surface area contributed by atoms with Crippen molar-refractivity contribution >= 4 is 10.9 Å². The molecule has 3 heteroatoms. The zero-order valence-electron chi connectivity index (χ0n) is 11.0. The minimum Gasteiger partial charge on any atom is -0.314 e. The molecule has 0 amide bonds. The van der Waals surface area contributed by atoms with Gasteiger partial charge in [0.2, 0.25) is 0 Å². The van der Waals surface area contributed by atoms with E-state index in [9.17, 15) is 0 Å². The SMILES string of the molecule is Cc1cnc2ccc(C3CNCCN3C)cc2c1. The van der Waals surface area contributed by atoms with Gasteiger partial charge in [0.25, 0.3) is 0 Å². The third-order valence-electron chi connectivity index (χ3n) is 3.74. The Morgan fingerprint density at radius 1 is 1.33 bits per heavy atom. The molecule has 0 bridgehead atoms. The summed E-state index contributed by atoms with van der Waals surface area (Å²) in [6.45, 7) is 5.31. The molecule has 1 unspecified atom stereocenters. The first-order valence-electron chi connectivity index (χ1n) is 6.51. The van der Waals surface area contributed by atoms with Crippen LogP contribution in [0.5, 0.6) is 0 Å². The van der Waals surface area contributed by atoms with Crippen LogP contribution < -0.4 is 5.32 Å². The number of rotatable bonds is 1. The number of hydrogen-bond donors (Lipinski definition) is 1. The van der Waals surface area contributed by atoms with Crippen LogP contribution in [0.2, 0.25) is 0 Å². The van der Waals surface area contributed by atoms with Crippen LogP contribution in [0.1, 0.15) is 17.2 Å². The molecule has 3 nitrogen and oxygen atoms in total. The Hall–Kier alpha value is -1.45. The first-order chi connectivity index (χ1) is 8.74. The van der Waals surface area contributed by atoms with Crippen molar-refractivity contribution in [3.05, 3.63) is 41.6 Å². The molecule has 94 valence electrons. The van der Waals surface area contributed by atoms with Gasteiger partial charge in [-0.05, 0) is 43.3 Å². The lowest BCUT2D eigenvalue weighted by Gasteiger charge is -2.33. The average Bonchev–Trinajstić information content (AvgIpc) is 2.38. The second kappa shape index (κ2) is 4.67. The van der Waals surface area contributed by atoms with Crippen molar-refractivity contribution < 1.29 is 0 Å². The fraction of sp³-hybridized carbons (Fsp3) is 0.400. The lowest BCUT2D eigenvalue weighted by Crippen LogP contribution is -2.43. The largest absolute Gasteiger partial charge is 0.314 e. The summed E-state index contributed by atoms with van der Waals surface area (Å²) >= 11 is 0. The lowest BCUT2D eigenvalue weighted by molar-refractivity contribution is 0.202. The van der Waals surface area contributed by atoms with E-state index in [1.807, 2.05) is 6.20 Å². The average molecular weight is 241 g/mol. The highest BCUT2D eigenvalue weighted by Gasteiger charge is 2.20. The normalized spacial score (nSPS) is 21.3. The van der Waals surface area contributed by atoms with Gasteiger partial charge in [-0.25, -0.2) is 0 Å². The topological polar surface area (TPSA) is 28.2 Å². The summed E-state index contributed by atoms with van der Waals surface area (Å²) in [7, 11) is 2.20. The summed E-state index contributed by atoms with van der Waals surface area (Å²) in [4.78, 5) is 6.87. The van der Waals surface area contributed by atoms with Crippen LogP contribution >= 0.6 is 0 Å². The molecule has 1 aromatic carbocycles. The number of aromatic nitrogens is 1. The summed E-state index contributed by atoms with van der Waals surface area (Å²) in [5, 5.41) is 4.71. The van der Waals surface area contributed by atoms with Gasteiger partial charge in [-0.15, -0.1) is 0 Å². The van der Waals surface area contributed by atoms with E-state index in [0.717, 1.165) is 25.2 Å². The van der Waals surface area contributed by atoms with Crippen molar-refractivity contribution in [3.8, 4) is 0 Å². The molecule has 0 radical (unpaired) electrons. The van der Waals surface area contributed by atoms with Crippen molar-refractivity contribution in [1.29, 1.82) is 0 Å². The third-order valence-corrected chi connectivity index (χ3v) is 3.74. The molecule has 1 aliphatic rings. The van der Waals surface area contributed by atoms with Crippen LogP contribution in [0.3, 0.4) is 0 Å². The van der Waals surface area contributed by atoms with E-state index in [2.05, 4.69) is 53.4 Å². The molecule has 1 aliphatic heterocycles. The summed E-state index contributed by atoms with van der Waals surface area (Å²) in [6.07, 6.45) is 1.93. The number of benzene rings is 1. The van der Waals surface area contributed by atoms with Crippen LogP contribution in [0.15, 0.2) is 30.5 Å². The monoisotopic (exact) mass is 241 g/mol. The molecule has 18 heavy (non-hydrogen) atoms. The van der Waals surface area contributed by atoms with Gasteiger partial charge in [-0.2, -0.15) is 0 Å². The second-order valence-electron chi connectivity index (χ2n) is 5.17. The van der Waals surface area contributed by atoms with Gasteiger partial charge in [0.05, 0.1) is 5.52 Å². The van der Waals surface area contributed by atoms with E-state index in [0.29, 0.717) is 6.04 Å². The summed E-state index contributed by atoms with van der Waals surface area (Å²) < 4.78 is 0. The molecule has 3 rings (SSSR count). The van der Waals surface area contributed by atoms with E-state index in [1.165, 1.54) is 16.5 Å². The number of likely N-dealkylation sites (N-methyl/N-ethyl adjacent to an activating group) is 1. The Morgan fingerprint density at radius 2 is 2.22 bits per heavy atom. The van der Waals surface area contributed by atoms with Gasteiger partial charge in [0, 0.05) is 37.3 Å². The molecule has 2 aromatic rings. The van der Waals surface area contributed by atoms with Gasteiger partial charge in [0.15, 0.2) is 0 Å². The molecule has 1 atom stereocenters. The van der Waals surface area contributed by atoms with Crippen LogP contribution in [0.25, 0.3) is 10.9 Å².